The Morgan fingerprint density at radius 3 is 2.29 bits per heavy atom. The summed E-state index contributed by atoms with van der Waals surface area (Å²) in [5.41, 5.74) is 2.22. The number of rotatable bonds is 9. The average molecular weight is 422 g/mol. The van der Waals surface area contributed by atoms with E-state index in [2.05, 4.69) is 43.2 Å². The number of hydrogen-bond acceptors (Lipinski definition) is 4. The molecule has 6 nitrogen and oxygen atoms in total. The quantitative estimate of drug-likeness (QED) is 0.535. The van der Waals surface area contributed by atoms with Gasteiger partial charge in [0.2, 0.25) is 5.91 Å². The van der Waals surface area contributed by atoms with Gasteiger partial charge in [-0.15, -0.1) is 0 Å². The van der Waals surface area contributed by atoms with Crippen LogP contribution in [-0.4, -0.2) is 41.9 Å². The third-order valence-corrected chi connectivity index (χ3v) is 5.24. The molecule has 31 heavy (non-hydrogen) atoms. The Morgan fingerprint density at radius 1 is 0.968 bits per heavy atom. The highest BCUT2D eigenvalue weighted by atomic mass is 16.3. The lowest BCUT2D eigenvalue weighted by Gasteiger charge is -2.30. The maximum Gasteiger partial charge on any atom is 0.291 e. The van der Waals surface area contributed by atoms with Crippen LogP contribution in [0.25, 0.3) is 11.0 Å². The van der Waals surface area contributed by atoms with Gasteiger partial charge in [0, 0.05) is 36.2 Å². The van der Waals surface area contributed by atoms with Crippen LogP contribution in [0, 0.1) is 0 Å². The maximum absolute atomic E-state index is 12.4. The summed E-state index contributed by atoms with van der Waals surface area (Å²) in [6.45, 7) is 10.1. The van der Waals surface area contributed by atoms with Crippen LogP contribution in [0.15, 0.2) is 59.0 Å². The van der Waals surface area contributed by atoms with Crippen molar-refractivity contribution in [2.45, 2.75) is 46.2 Å². The zero-order valence-corrected chi connectivity index (χ0v) is 18.6. The van der Waals surface area contributed by atoms with Crippen molar-refractivity contribution in [3.63, 3.8) is 0 Å². The van der Waals surface area contributed by atoms with Crippen LogP contribution in [0.2, 0.25) is 0 Å². The van der Waals surface area contributed by atoms with Crippen molar-refractivity contribution in [3.8, 4) is 0 Å². The summed E-state index contributed by atoms with van der Waals surface area (Å²) >= 11 is 0. The summed E-state index contributed by atoms with van der Waals surface area (Å²) in [4.78, 5) is 27.0. The van der Waals surface area contributed by atoms with E-state index in [0.717, 1.165) is 17.5 Å². The Hall–Kier alpha value is -3.12. The molecule has 0 radical (unpaired) electrons. The molecule has 0 fully saturated rings. The Kier molecular flexibility index (Phi) is 7.47. The summed E-state index contributed by atoms with van der Waals surface area (Å²) in [6.07, 6.45) is 0.307. The molecule has 0 aliphatic heterocycles. The Balaban J connectivity index is 1.49. The van der Waals surface area contributed by atoms with Crippen LogP contribution >= 0.6 is 0 Å². The van der Waals surface area contributed by atoms with Crippen molar-refractivity contribution in [3.05, 3.63) is 65.9 Å². The predicted octanol–water partition coefficient (Wildman–Crippen LogP) is 4.46. The number of carbonyl (C=O) groups excluding carboxylic acids is 2. The van der Waals surface area contributed by atoms with Gasteiger partial charge in [-0.05, 0) is 57.5 Å². The van der Waals surface area contributed by atoms with Gasteiger partial charge < -0.3 is 15.1 Å². The molecule has 0 saturated heterocycles. The molecule has 0 unspecified atom stereocenters. The monoisotopic (exact) mass is 421 g/mol. The van der Waals surface area contributed by atoms with Crippen molar-refractivity contribution in [1.29, 1.82) is 0 Å². The van der Waals surface area contributed by atoms with Gasteiger partial charge in [-0.25, -0.2) is 0 Å². The minimum absolute atomic E-state index is 0.00785. The number of para-hydroxylation sites is 1. The summed E-state index contributed by atoms with van der Waals surface area (Å²) < 4.78 is 5.59. The van der Waals surface area contributed by atoms with Crippen LogP contribution in [0.5, 0.6) is 0 Å². The van der Waals surface area contributed by atoms with Gasteiger partial charge in [0.15, 0.2) is 5.76 Å². The molecule has 0 aliphatic carbocycles. The standard InChI is InChI=1S/C25H31N3O3/c1-17(2)28(18(3)4)14-13-26-24(29)15-19-9-11-21(12-10-19)27-25(30)23-16-20-7-5-6-8-22(20)31-23/h5-12,16-18H,13-15H2,1-4H3,(H,26,29)(H,27,30). The first-order chi connectivity index (χ1) is 14.8. The zero-order valence-electron chi connectivity index (χ0n) is 18.6. The smallest absolute Gasteiger partial charge is 0.291 e. The number of fused-ring (bicyclic) bond motifs is 1. The molecule has 1 aromatic heterocycles. The van der Waals surface area contributed by atoms with E-state index >= 15 is 0 Å². The second-order valence-electron chi connectivity index (χ2n) is 8.25. The van der Waals surface area contributed by atoms with Gasteiger partial charge in [-0.2, -0.15) is 0 Å². The van der Waals surface area contributed by atoms with Crippen molar-refractivity contribution < 1.29 is 14.0 Å². The Labute approximate surface area is 183 Å². The molecular formula is C25H31N3O3. The highest BCUT2D eigenvalue weighted by Crippen LogP contribution is 2.20. The van der Waals surface area contributed by atoms with E-state index < -0.39 is 0 Å². The topological polar surface area (TPSA) is 74.6 Å². The van der Waals surface area contributed by atoms with Crippen molar-refractivity contribution in [2.75, 3.05) is 18.4 Å². The van der Waals surface area contributed by atoms with Gasteiger partial charge in [0.05, 0.1) is 6.42 Å². The Bertz CT molecular complexity index is 981. The lowest BCUT2D eigenvalue weighted by atomic mass is 10.1. The lowest BCUT2D eigenvalue weighted by Crippen LogP contribution is -2.42. The molecule has 0 saturated carbocycles. The van der Waals surface area contributed by atoms with E-state index in [1.807, 2.05) is 36.4 Å². The van der Waals surface area contributed by atoms with Crippen molar-refractivity contribution in [1.82, 2.24) is 10.2 Å². The second kappa shape index (κ2) is 10.3. The highest BCUT2D eigenvalue weighted by molar-refractivity contribution is 6.04. The number of carbonyl (C=O) groups is 2. The first-order valence-corrected chi connectivity index (χ1v) is 10.7. The Morgan fingerprint density at radius 2 is 1.65 bits per heavy atom. The van der Waals surface area contributed by atoms with E-state index in [1.165, 1.54) is 0 Å². The molecule has 0 bridgehead atoms. The minimum atomic E-state index is -0.304. The molecule has 3 aromatic rings. The molecular weight excluding hydrogens is 390 g/mol. The fourth-order valence-electron chi connectivity index (χ4n) is 3.68. The van der Waals surface area contributed by atoms with E-state index in [0.29, 0.717) is 36.3 Å². The largest absolute Gasteiger partial charge is 0.451 e. The molecule has 2 N–H and O–H groups in total. The molecule has 6 heteroatoms. The van der Waals surface area contributed by atoms with E-state index in [-0.39, 0.29) is 17.6 Å². The van der Waals surface area contributed by atoms with Crippen LogP contribution in [-0.2, 0) is 11.2 Å². The molecule has 0 aliphatic rings. The molecule has 0 spiro atoms. The van der Waals surface area contributed by atoms with E-state index in [1.54, 1.807) is 18.2 Å². The summed E-state index contributed by atoms with van der Waals surface area (Å²) in [5, 5.41) is 6.71. The molecule has 0 atom stereocenters. The van der Waals surface area contributed by atoms with Crippen LogP contribution in [0.4, 0.5) is 5.69 Å². The number of nitrogens with zero attached hydrogens (tertiary/aromatic N) is 1. The molecule has 2 amide bonds. The number of benzene rings is 2. The fourth-order valence-corrected chi connectivity index (χ4v) is 3.68. The van der Waals surface area contributed by atoms with E-state index in [9.17, 15) is 9.59 Å². The number of hydrogen-bond donors (Lipinski definition) is 2. The van der Waals surface area contributed by atoms with Gasteiger partial charge in [-0.1, -0.05) is 30.3 Å². The summed E-state index contributed by atoms with van der Waals surface area (Å²) in [7, 11) is 0. The highest BCUT2D eigenvalue weighted by Gasteiger charge is 2.14. The van der Waals surface area contributed by atoms with E-state index in [4.69, 9.17) is 4.42 Å². The number of furan rings is 1. The maximum atomic E-state index is 12.4. The predicted molar refractivity (Wildman–Crippen MR) is 124 cm³/mol. The summed E-state index contributed by atoms with van der Waals surface area (Å²) in [5.74, 6) is -0.0467. The van der Waals surface area contributed by atoms with Gasteiger partial charge in [-0.3, -0.25) is 14.5 Å². The second-order valence-corrected chi connectivity index (χ2v) is 8.25. The molecule has 2 aromatic carbocycles. The minimum Gasteiger partial charge on any atom is -0.451 e. The molecule has 1 heterocycles. The van der Waals surface area contributed by atoms with Gasteiger partial charge in [0.25, 0.3) is 5.91 Å². The fraction of sp³-hybridized carbons (Fsp3) is 0.360. The number of amides is 2. The normalized spacial score (nSPS) is 11.5. The van der Waals surface area contributed by atoms with Crippen molar-refractivity contribution >= 4 is 28.5 Å². The van der Waals surface area contributed by atoms with Gasteiger partial charge >= 0.3 is 0 Å². The third-order valence-electron chi connectivity index (χ3n) is 5.24. The first-order valence-electron chi connectivity index (χ1n) is 10.7. The average Bonchev–Trinajstić information content (AvgIpc) is 3.16. The SMILES string of the molecule is CC(C)N(CCNC(=O)Cc1ccc(NC(=O)c2cc3ccccc3o2)cc1)C(C)C. The van der Waals surface area contributed by atoms with Crippen LogP contribution in [0.1, 0.15) is 43.8 Å². The lowest BCUT2D eigenvalue weighted by molar-refractivity contribution is -0.120. The number of nitrogens with one attached hydrogen (secondary N) is 2. The molecule has 3 rings (SSSR count). The van der Waals surface area contributed by atoms with Gasteiger partial charge in [0.1, 0.15) is 5.58 Å². The van der Waals surface area contributed by atoms with Crippen LogP contribution < -0.4 is 10.6 Å². The summed E-state index contributed by atoms with van der Waals surface area (Å²) in [6, 6.07) is 17.4. The first kappa shape index (κ1) is 22.6. The van der Waals surface area contributed by atoms with Crippen molar-refractivity contribution in [2.24, 2.45) is 0 Å². The van der Waals surface area contributed by atoms with Crippen LogP contribution in [0.3, 0.4) is 0 Å². The zero-order chi connectivity index (χ0) is 22.4. The third kappa shape index (κ3) is 6.18. The number of anilines is 1. The molecule has 164 valence electrons.